The van der Waals surface area contributed by atoms with Crippen molar-refractivity contribution in [1.82, 2.24) is 0 Å². The maximum absolute atomic E-state index is 12.5. The first kappa shape index (κ1) is 20.9. The minimum absolute atomic E-state index is 0.147. The molecule has 0 fully saturated rings. The van der Waals surface area contributed by atoms with Crippen LogP contribution in [0.5, 0.6) is 11.5 Å². The first-order chi connectivity index (χ1) is 14.1. The predicted octanol–water partition coefficient (Wildman–Crippen LogP) is 5.04. The Labute approximate surface area is 177 Å². The first-order valence-corrected chi connectivity index (χ1v) is 11.0. The normalized spacial score (nSPS) is 10.4. The van der Waals surface area contributed by atoms with Crippen molar-refractivity contribution in [2.75, 3.05) is 23.8 Å². The fourth-order valence-corrected chi connectivity index (χ4v) is 3.99. The second-order valence-corrected chi connectivity index (χ2v) is 7.93. The van der Waals surface area contributed by atoms with Gasteiger partial charge >= 0.3 is 0 Å². The molecule has 152 valence electrons. The molecule has 0 saturated heterocycles. The summed E-state index contributed by atoms with van der Waals surface area (Å²) in [7, 11) is 0. The maximum atomic E-state index is 12.5. The van der Waals surface area contributed by atoms with E-state index in [4.69, 9.17) is 9.47 Å². The van der Waals surface area contributed by atoms with Crippen LogP contribution < -0.4 is 20.1 Å². The lowest BCUT2D eigenvalue weighted by Gasteiger charge is -2.17. The van der Waals surface area contributed by atoms with Gasteiger partial charge in [0.05, 0.1) is 35.9 Å². The monoisotopic (exact) mass is 430 g/mol. The zero-order valence-corrected chi connectivity index (χ0v) is 17.8. The van der Waals surface area contributed by atoms with Gasteiger partial charge in [-0.1, -0.05) is 12.1 Å². The van der Waals surface area contributed by atoms with Crippen molar-refractivity contribution in [1.29, 1.82) is 0 Å². The van der Waals surface area contributed by atoms with Crippen molar-refractivity contribution in [2.45, 2.75) is 20.3 Å². The number of anilines is 2. The summed E-state index contributed by atoms with van der Waals surface area (Å²) in [5, 5.41) is 9.54. The van der Waals surface area contributed by atoms with Gasteiger partial charge in [-0.25, -0.2) is 0 Å². The van der Waals surface area contributed by atoms with Crippen LogP contribution in [0.1, 0.15) is 28.4 Å². The van der Waals surface area contributed by atoms with Crippen LogP contribution in [0.3, 0.4) is 0 Å². The second kappa shape index (κ2) is 10.1. The van der Waals surface area contributed by atoms with Gasteiger partial charge in [-0.05, 0) is 36.7 Å². The number of carbonyl (C=O) groups excluding carboxylic acids is 2. The molecule has 2 N–H and O–H groups in total. The Morgan fingerprint density at radius 1 is 0.897 bits per heavy atom. The molecule has 0 radical (unpaired) electrons. The third-order valence-corrected chi connectivity index (χ3v) is 5.61. The molecule has 3 aromatic rings. The summed E-state index contributed by atoms with van der Waals surface area (Å²) in [5.41, 5.74) is 0.996. The lowest BCUT2D eigenvalue weighted by Crippen LogP contribution is -2.16. The van der Waals surface area contributed by atoms with Crippen LogP contribution in [0.4, 0.5) is 11.4 Å². The first-order valence-electron chi connectivity index (χ1n) is 9.21. The third kappa shape index (κ3) is 5.58. The summed E-state index contributed by atoms with van der Waals surface area (Å²) in [4.78, 5) is 26.5. The summed E-state index contributed by atoms with van der Waals surface area (Å²) >= 11 is 2.89. The molecule has 0 bridgehead atoms. The summed E-state index contributed by atoms with van der Waals surface area (Å²) in [5.74, 6) is 0.563. The molecule has 0 unspecified atom stereocenters. The lowest BCUT2D eigenvalue weighted by atomic mass is 10.2. The third-order valence-electron chi connectivity index (χ3n) is 3.86. The van der Waals surface area contributed by atoms with E-state index in [0.29, 0.717) is 41.0 Å². The van der Waals surface area contributed by atoms with Gasteiger partial charge in [-0.2, -0.15) is 0 Å². The second-order valence-electron chi connectivity index (χ2n) is 5.95. The average molecular weight is 431 g/mol. The average Bonchev–Trinajstić information content (AvgIpc) is 3.39. The number of amides is 2. The van der Waals surface area contributed by atoms with Crippen molar-refractivity contribution < 1.29 is 19.1 Å². The highest BCUT2D eigenvalue weighted by molar-refractivity contribution is 7.12. The standard InChI is InChI=1S/C21H22N2O4S2/c1-3-26-17-13-16(23-21(25)19-8-6-10-29-19)18(27-4-2)12-15(17)22-20(24)11-14-7-5-9-28-14/h5-10,12-13H,3-4,11H2,1-2H3,(H,22,24)(H,23,25). The van der Waals surface area contributed by atoms with Crippen molar-refractivity contribution in [3.8, 4) is 11.5 Å². The van der Waals surface area contributed by atoms with Crippen LogP contribution >= 0.6 is 22.7 Å². The van der Waals surface area contributed by atoms with Crippen molar-refractivity contribution >= 4 is 45.9 Å². The molecule has 0 aliphatic carbocycles. The lowest BCUT2D eigenvalue weighted by molar-refractivity contribution is -0.115. The van der Waals surface area contributed by atoms with Crippen LogP contribution in [0.25, 0.3) is 0 Å². The number of benzene rings is 1. The van der Waals surface area contributed by atoms with Gasteiger partial charge in [0, 0.05) is 17.0 Å². The van der Waals surface area contributed by atoms with E-state index in [2.05, 4.69) is 10.6 Å². The highest BCUT2D eigenvalue weighted by atomic mass is 32.1. The van der Waals surface area contributed by atoms with Crippen LogP contribution in [-0.4, -0.2) is 25.0 Å². The maximum Gasteiger partial charge on any atom is 0.265 e. The van der Waals surface area contributed by atoms with Gasteiger partial charge in [0.2, 0.25) is 5.91 Å². The number of rotatable bonds is 9. The van der Waals surface area contributed by atoms with Gasteiger partial charge in [-0.3, -0.25) is 9.59 Å². The zero-order chi connectivity index (χ0) is 20.6. The van der Waals surface area contributed by atoms with Crippen molar-refractivity contribution in [2.24, 2.45) is 0 Å². The van der Waals surface area contributed by atoms with Gasteiger partial charge in [0.1, 0.15) is 11.5 Å². The summed E-state index contributed by atoms with van der Waals surface area (Å²) in [6, 6.07) is 10.8. The van der Waals surface area contributed by atoms with Gasteiger partial charge in [-0.15, -0.1) is 22.7 Å². The smallest absolute Gasteiger partial charge is 0.265 e. The number of nitrogens with one attached hydrogen (secondary N) is 2. The topological polar surface area (TPSA) is 76.7 Å². The zero-order valence-electron chi connectivity index (χ0n) is 16.2. The van der Waals surface area contributed by atoms with E-state index < -0.39 is 0 Å². The van der Waals surface area contributed by atoms with E-state index in [1.54, 1.807) is 18.2 Å². The molecule has 0 saturated carbocycles. The van der Waals surface area contributed by atoms with Gasteiger partial charge in [0.25, 0.3) is 5.91 Å². The minimum atomic E-state index is -0.224. The summed E-state index contributed by atoms with van der Waals surface area (Å²) < 4.78 is 11.4. The number of hydrogen-bond acceptors (Lipinski definition) is 6. The Morgan fingerprint density at radius 2 is 1.52 bits per heavy atom. The number of ether oxygens (including phenoxy) is 2. The van der Waals surface area contributed by atoms with E-state index in [-0.39, 0.29) is 18.2 Å². The summed E-state index contributed by atoms with van der Waals surface area (Å²) in [6.07, 6.45) is 0.282. The number of carbonyl (C=O) groups is 2. The molecule has 3 rings (SSSR count). The van der Waals surface area contributed by atoms with Crippen LogP contribution in [-0.2, 0) is 11.2 Å². The molecule has 29 heavy (non-hydrogen) atoms. The Balaban J connectivity index is 1.86. The fourth-order valence-electron chi connectivity index (χ4n) is 2.66. The van der Waals surface area contributed by atoms with E-state index in [9.17, 15) is 9.59 Å². The van der Waals surface area contributed by atoms with E-state index >= 15 is 0 Å². The Bertz CT molecular complexity index is 953. The molecule has 2 amide bonds. The fraction of sp³-hybridized carbons (Fsp3) is 0.238. The van der Waals surface area contributed by atoms with Crippen LogP contribution in [0, 0.1) is 0 Å². The predicted molar refractivity (Wildman–Crippen MR) is 118 cm³/mol. The molecule has 0 spiro atoms. The molecular formula is C21H22N2O4S2. The highest BCUT2D eigenvalue weighted by Crippen LogP contribution is 2.37. The summed E-state index contributed by atoms with van der Waals surface area (Å²) in [6.45, 7) is 4.55. The Morgan fingerprint density at radius 3 is 2.07 bits per heavy atom. The minimum Gasteiger partial charge on any atom is -0.492 e. The molecule has 8 heteroatoms. The van der Waals surface area contributed by atoms with Crippen molar-refractivity contribution in [3.63, 3.8) is 0 Å². The Kier molecular flexibility index (Phi) is 7.26. The van der Waals surface area contributed by atoms with E-state index in [1.807, 2.05) is 42.8 Å². The van der Waals surface area contributed by atoms with Crippen LogP contribution in [0.2, 0.25) is 0 Å². The molecule has 6 nitrogen and oxygen atoms in total. The quantitative estimate of drug-likeness (QED) is 0.499. The molecule has 0 aliphatic heterocycles. The number of thiophene rings is 2. The van der Waals surface area contributed by atoms with E-state index in [0.717, 1.165) is 4.88 Å². The molecule has 2 heterocycles. The molecule has 1 aromatic carbocycles. The largest absolute Gasteiger partial charge is 0.492 e. The van der Waals surface area contributed by atoms with Gasteiger partial charge in [0.15, 0.2) is 0 Å². The van der Waals surface area contributed by atoms with Gasteiger partial charge < -0.3 is 20.1 Å². The highest BCUT2D eigenvalue weighted by Gasteiger charge is 2.17. The van der Waals surface area contributed by atoms with E-state index in [1.165, 1.54) is 22.7 Å². The molecule has 0 atom stereocenters. The molecular weight excluding hydrogens is 408 g/mol. The molecule has 0 aliphatic rings. The van der Waals surface area contributed by atoms with Crippen molar-refractivity contribution in [3.05, 3.63) is 56.9 Å². The Hall–Kier alpha value is -2.84. The molecule has 2 aromatic heterocycles. The van der Waals surface area contributed by atoms with Crippen LogP contribution in [0.15, 0.2) is 47.2 Å². The number of hydrogen-bond donors (Lipinski definition) is 2. The SMILES string of the molecule is CCOc1cc(NC(=O)c2cccs2)c(OCC)cc1NC(=O)Cc1cccs1.